The third kappa shape index (κ3) is 3.08. The highest BCUT2D eigenvalue weighted by Crippen LogP contribution is 2.31. The lowest BCUT2D eigenvalue weighted by Crippen LogP contribution is -2.23. The van der Waals surface area contributed by atoms with E-state index in [1.807, 2.05) is 17.9 Å². The first-order valence-electron chi connectivity index (χ1n) is 6.41. The summed E-state index contributed by atoms with van der Waals surface area (Å²) in [5.41, 5.74) is 2.10. The Labute approximate surface area is 130 Å². The molecule has 0 amide bonds. The lowest BCUT2D eigenvalue weighted by Gasteiger charge is -2.18. The summed E-state index contributed by atoms with van der Waals surface area (Å²) in [5, 5.41) is 11.9. The van der Waals surface area contributed by atoms with Gasteiger partial charge >= 0.3 is 0 Å². The second kappa shape index (κ2) is 7.26. The maximum absolute atomic E-state index is 5.14. The van der Waals surface area contributed by atoms with Gasteiger partial charge in [-0.25, -0.2) is 0 Å². The van der Waals surface area contributed by atoms with Crippen LogP contribution in [0.2, 0.25) is 0 Å². The zero-order chi connectivity index (χ0) is 14.5. The molecule has 0 saturated carbocycles. The number of aromatic nitrogens is 4. The fraction of sp³-hybridized carbons (Fsp3) is 0.583. The number of nitrogens with one attached hydrogen (secondary N) is 1. The molecule has 1 unspecified atom stereocenters. The third-order valence-corrected chi connectivity index (χ3v) is 4.53. The van der Waals surface area contributed by atoms with Gasteiger partial charge in [0.15, 0.2) is 0 Å². The predicted molar refractivity (Wildman–Crippen MR) is 82.0 cm³/mol. The number of halogens is 1. The van der Waals surface area contributed by atoms with Crippen molar-refractivity contribution in [1.29, 1.82) is 0 Å². The summed E-state index contributed by atoms with van der Waals surface area (Å²) in [4.78, 5) is 1.13. The molecule has 2 rings (SSSR count). The van der Waals surface area contributed by atoms with E-state index in [0.29, 0.717) is 13.2 Å². The molecule has 0 aliphatic carbocycles. The molecule has 2 aromatic heterocycles. The molecule has 8 heteroatoms. The van der Waals surface area contributed by atoms with Crippen LogP contribution in [0, 0.1) is 0 Å². The molecule has 0 aromatic carbocycles. The standard InChI is InChI=1S/C12H18BrN5OS/c1-4-9-12(20-17-16-9)10(14-2)11-8(13)7-15-18(11)5-6-19-3/h7,10,14H,4-6H2,1-3H3. The molecule has 0 saturated heterocycles. The van der Waals surface area contributed by atoms with E-state index in [2.05, 4.69) is 42.9 Å². The van der Waals surface area contributed by atoms with Gasteiger partial charge in [-0.15, -0.1) is 5.10 Å². The molecule has 0 bridgehead atoms. The topological polar surface area (TPSA) is 64.9 Å². The van der Waals surface area contributed by atoms with Gasteiger partial charge in [-0.2, -0.15) is 5.10 Å². The van der Waals surface area contributed by atoms with Crippen LogP contribution >= 0.6 is 27.5 Å². The molecule has 1 N–H and O–H groups in total. The lowest BCUT2D eigenvalue weighted by atomic mass is 10.1. The summed E-state index contributed by atoms with van der Waals surface area (Å²) in [7, 11) is 3.62. The molecule has 20 heavy (non-hydrogen) atoms. The fourth-order valence-electron chi connectivity index (χ4n) is 2.09. The van der Waals surface area contributed by atoms with Gasteiger partial charge in [-0.05, 0) is 40.9 Å². The largest absolute Gasteiger partial charge is 0.383 e. The highest BCUT2D eigenvalue weighted by atomic mass is 79.9. The zero-order valence-corrected chi connectivity index (χ0v) is 14.2. The minimum Gasteiger partial charge on any atom is -0.383 e. The van der Waals surface area contributed by atoms with Gasteiger partial charge in [0.2, 0.25) is 0 Å². The average Bonchev–Trinajstić information content (AvgIpc) is 3.06. The highest BCUT2D eigenvalue weighted by molar-refractivity contribution is 9.10. The summed E-state index contributed by atoms with van der Waals surface area (Å²) in [6.45, 7) is 3.42. The molecule has 2 heterocycles. The minimum absolute atomic E-state index is 0.0266. The number of ether oxygens (including phenoxy) is 1. The van der Waals surface area contributed by atoms with Crippen molar-refractivity contribution in [3.05, 3.63) is 26.9 Å². The molecule has 0 fully saturated rings. The maximum atomic E-state index is 5.14. The van der Waals surface area contributed by atoms with E-state index in [0.717, 1.165) is 27.2 Å². The monoisotopic (exact) mass is 359 g/mol. The molecule has 110 valence electrons. The van der Waals surface area contributed by atoms with Crippen LogP contribution in [0.15, 0.2) is 10.7 Å². The van der Waals surface area contributed by atoms with Crippen LogP contribution in [0.5, 0.6) is 0 Å². The number of nitrogens with zero attached hydrogens (tertiary/aromatic N) is 4. The zero-order valence-electron chi connectivity index (χ0n) is 11.8. The predicted octanol–water partition coefficient (Wildman–Crippen LogP) is 2.01. The summed E-state index contributed by atoms with van der Waals surface area (Å²) < 4.78 is 12.1. The Morgan fingerprint density at radius 2 is 2.35 bits per heavy atom. The van der Waals surface area contributed by atoms with Crippen molar-refractivity contribution in [2.75, 3.05) is 20.8 Å². The van der Waals surface area contributed by atoms with Crippen LogP contribution in [0.3, 0.4) is 0 Å². The quantitative estimate of drug-likeness (QED) is 0.818. The maximum Gasteiger partial charge on any atom is 0.0886 e. The van der Waals surface area contributed by atoms with Crippen LogP contribution in [0.25, 0.3) is 0 Å². The van der Waals surface area contributed by atoms with Crippen LogP contribution in [0.4, 0.5) is 0 Å². The molecular formula is C12H18BrN5OS. The van der Waals surface area contributed by atoms with E-state index in [9.17, 15) is 0 Å². The Hall–Kier alpha value is -0.830. The molecule has 0 radical (unpaired) electrons. The van der Waals surface area contributed by atoms with Gasteiger partial charge in [-0.3, -0.25) is 4.68 Å². The van der Waals surface area contributed by atoms with E-state index in [1.165, 1.54) is 11.5 Å². The van der Waals surface area contributed by atoms with E-state index >= 15 is 0 Å². The number of hydrogen-bond donors (Lipinski definition) is 1. The molecular weight excluding hydrogens is 342 g/mol. The van der Waals surface area contributed by atoms with E-state index < -0.39 is 0 Å². The Bertz CT molecular complexity index is 556. The van der Waals surface area contributed by atoms with Gasteiger partial charge in [0, 0.05) is 7.11 Å². The lowest BCUT2D eigenvalue weighted by molar-refractivity contribution is 0.182. The Morgan fingerprint density at radius 1 is 1.55 bits per heavy atom. The van der Waals surface area contributed by atoms with Crippen LogP contribution in [-0.4, -0.2) is 40.1 Å². The Morgan fingerprint density at radius 3 is 3.00 bits per heavy atom. The van der Waals surface area contributed by atoms with Gasteiger partial charge in [0.05, 0.1) is 46.1 Å². The van der Waals surface area contributed by atoms with E-state index in [4.69, 9.17) is 4.74 Å². The Kier molecular flexibility index (Phi) is 5.64. The fourth-order valence-corrected chi connectivity index (χ4v) is 3.46. The summed E-state index contributed by atoms with van der Waals surface area (Å²) >= 11 is 5.01. The molecule has 0 aliphatic heterocycles. The molecule has 2 aromatic rings. The van der Waals surface area contributed by atoms with Crippen molar-refractivity contribution in [1.82, 2.24) is 24.7 Å². The average molecular weight is 360 g/mol. The van der Waals surface area contributed by atoms with Crippen LogP contribution in [0.1, 0.15) is 29.2 Å². The molecule has 0 aliphatic rings. The number of rotatable bonds is 7. The first-order valence-corrected chi connectivity index (χ1v) is 7.98. The van der Waals surface area contributed by atoms with Crippen LogP contribution < -0.4 is 5.32 Å². The minimum atomic E-state index is 0.0266. The highest BCUT2D eigenvalue weighted by Gasteiger charge is 2.25. The van der Waals surface area contributed by atoms with Crippen LogP contribution in [-0.2, 0) is 17.7 Å². The number of methoxy groups -OCH3 is 1. The Balaban J connectivity index is 2.39. The summed E-state index contributed by atoms with van der Waals surface area (Å²) in [6, 6.07) is 0.0266. The smallest absolute Gasteiger partial charge is 0.0886 e. The van der Waals surface area contributed by atoms with Crippen molar-refractivity contribution in [3.63, 3.8) is 0 Å². The number of hydrogen-bond acceptors (Lipinski definition) is 6. The first kappa shape index (κ1) is 15.6. The van der Waals surface area contributed by atoms with Gasteiger partial charge in [0.1, 0.15) is 0 Å². The summed E-state index contributed by atoms with van der Waals surface area (Å²) in [5.74, 6) is 0. The normalized spacial score (nSPS) is 12.8. The van der Waals surface area contributed by atoms with Crippen molar-refractivity contribution >= 4 is 27.5 Å². The molecule has 0 spiro atoms. The van der Waals surface area contributed by atoms with E-state index in [1.54, 1.807) is 7.11 Å². The second-order valence-corrected chi connectivity index (χ2v) is 5.89. The first-order chi connectivity index (χ1) is 9.72. The summed E-state index contributed by atoms with van der Waals surface area (Å²) in [6.07, 6.45) is 2.68. The van der Waals surface area contributed by atoms with Gasteiger partial charge in [-0.1, -0.05) is 11.4 Å². The SMILES string of the molecule is CCc1nnsc1C(NC)c1c(Br)cnn1CCOC. The van der Waals surface area contributed by atoms with E-state index in [-0.39, 0.29) is 6.04 Å². The van der Waals surface area contributed by atoms with Crippen molar-refractivity contribution in [2.24, 2.45) is 0 Å². The third-order valence-electron chi connectivity index (χ3n) is 3.08. The van der Waals surface area contributed by atoms with Crippen molar-refractivity contribution < 1.29 is 4.74 Å². The van der Waals surface area contributed by atoms with Crippen molar-refractivity contribution in [3.8, 4) is 0 Å². The van der Waals surface area contributed by atoms with Gasteiger partial charge < -0.3 is 10.1 Å². The van der Waals surface area contributed by atoms with Crippen molar-refractivity contribution in [2.45, 2.75) is 25.9 Å². The molecule has 1 atom stereocenters. The van der Waals surface area contributed by atoms with Gasteiger partial charge in [0.25, 0.3) is 0 Å². The number of aryl methyl sites for hydroxylation is 1. The second-order valence-electron chi connectivity index (χ2n) is 4.25. The molecule has 6 nitrogen and oxygen atoms in total.